The molecule has 80 valence electrons. The van der Waals surface area contributed by atoms with Gasteiger partial charge >= 0.3 is 5.97 Å². The fraction of sp³-hybridized carbons (Fsp3) is 0.778. The summed E-state index contributed by atoms with van der Waals surface area (Å²) in [5, 5.41) is 10.9. The zero-order chi connectivity index (χ0) is 10.6. The first-order valence-electron chi connectivity index (χ1n) is 4.60. The SMILES string of the molecule is O=C(CI)OC1(C(=O)[O-])CCCCC1. The molecule has 4 nitrogen and oxygen atoms in total. The van der Waals surface area contributed by atoms with Gasteiger partial charge in [0.25, 0.3) is 0 Å². The summed E-state index contributed by atoms with van der Waals surface area (Å²) in [6.07, 6.45) is 3.33. The van der Waals surface area contributed by atoms with Crippen LogP contribution in [0.5, 0.6) is 0 Å². The van der Waals surface area contributed by atoms with Crippen molar-refractivity contribution in [1.29, 1.82) is 0 Å². The predicted octanol–water partition coefficient (Wildman–Crippen LogP) is 0.417. The molecular weight excluding hydrogens is 299 g/mol. The Labute approximate surface area is 96.1 Å². The van der Waals surface area contributed by atoms with Gasteiger partial charge in [-0.2, -0.15) is 0 Å². The molecule has 1 rings (SSSR count). The lowest BCUT2D eigenvalue weighted by Crippen LogP contribution is -2.52. The van der Waals surface area contributed by atoms with Gasteiger partial charge in [-0.05, 0) is 25.7 Å². The van der Waals surface area contributed by atoms with E-state index in [9.17, 15) is 14.7 Å². The summed E-state index contributed by atoms with van der Waals surface area (Å²) in [5.74, 6) is -1.73. The second-order valence-corrected chi connectivity index (χ2v) is 4.21. The number of carboxylic acid groups (broad SMARTS) is 1. The molecule has 0 bridgehead atoms. The molecule has 0 aromatic carbocycles. The highest BCUT2D eigenvalue weighted by molar-refractivity contribution is 14.1. The Hall–Kier alpha value is -0.330. The van der Waals surface area contributed by atoms with Crippen LogP contribution in [0.1, 0.15) is 32.1 Å². The molecule has 0 saturated heterocycles. The van der Waals surface area contributed by atoms with E-state index in [1.165, 1.54) is 0 Å². The maximum absolute atomic E-state index is 11.1. The van der Waals surface area contributed by atoms with Crippen molar-refractivity contribution in [2.24, 2.45) is 0 Å². The minimum Gasteiger partial charge on any atom is -0.546 e. The van der Waals surface area contributed by atoms with Crippen LogP contribution in [0.3, 0.4) is 0 Å². The van der Waals surface area contributed by atoms with Crippen LogP contribution in [0.4, 0.5) is 0 Å². The highest BCUT2D eigenvalue weighted by Crippen LogP contribution is 2.31. The van der Waals surface area contributed by atoms with Crippen LogP contribution in [-0.2, 0) is 14.3 Å². The lowest BCUT2D eigenvalue weighted by molar-refractivity contribution is -0.327. The van der Waals surface area contributed by atoms with Crippen molar-refractivity contribution >= 4 is 34.5 Å². The van der Waals surface area contributed by atoms with Crippen LogP contribution < -0.4 is 5.11 Å². The highest BCUT2D eigenvalue weighted by Gasteiger charge is 2.37. The Morgan fingerprint density at radius 3 is 2.29 bits per heavy atom. The molecule has 0 aromatic rings. The fourth-order valence-electron chi connectivity index (χ4n) is 1.72. The standard InChI is InChI=1S/C9H13IO4/c10-6-7(11)14-9(8(12)13)4-2-1-3-5-9/h1-6H2,(H,12,13)/p-1. The first kappa shape index (κ1) is 11.7. The highest BCUT2D eigenvalue weighted by atomic mass is 127. The number of alkyl halides is 1. The zero-order valence-corrected chi connectivity index (χ0v) is 9.91. The van der Waals surface area contributed by atoms with Crippen LogP contribution in [-0.4, -0.2) is 22.0 Å². The van der Waals surface area contributed by atoms with Crippen molar-refractivity contribution in [3.63, 3.8) is 0 Å². The van der Waals surface area contributed by atoms with Crippen LogP contribution in [0, 0.1) is 0 Å². The normalized spacial score (nSPS) is 20.1. The van der Waals surface area contributed by atoms with Gasteiger partial charge in [0.15, 0.2) is 5.60 Å². The van der Waals surface area contributed by atoms with E-state index in [2.05, 4.69) is 0 Å². The van der Waals surface area contributed by atoms with Crippen LogP contribution in [0.25, 0.3) is 0 Å². The predicted molar refractivity (Wildman–Crippen MR) is 55.8 cm³/mol. The van der Waals surface area contributed by atoms with Gasteiger partial charge in [0.2, 0.25) is 0 Å². The topological polar surface area (TPSA) is 66.4 Å². The molecule has 0 N–H and O–H groups in total. The van der Waals surface area contributed by atoms with Gasteiger partial charge in [0.1, 0.15) is 0 Å². The number of aliphatic carboxylic acids is 1. The summed E-state index contributed by atoms with van der Waals surface area (Å²) in [4.78, 5) is 22.0. The van der Waals surface area contributed by atoms with E-state index in [1.807, 2.05) is 22.6 Å². The fourth-order valence-corrected chi connectivity index (χ4v) is 1.87. The van der Waals surface area contributed by atoms with Gasteiger partial charge in [-0.15, -0.1) is 0 Å². The van der Waals surface area contributed by atoms with E-state index in [0.29, 0.717) is 12.8 Å². The van der Waals surface area contributed by atoms with E-state index >= 15 is 0 Å². The lowest BCUT2D eigenvalue weighted by Gasteiger charge is -2.37. The lowest BCUT2D eigenvalue weighted by atomic mass is 9.85. The molecular formula is C9H12IO4-. The van der Waals surface area contributed by atoms with Crippen molar-refractivity contribution in [2.75, 3.05) is 4.43 Å². The van der Waals surface area contributed by atoms with Gasteiger partial charge in [0, 0.05) is 0 Å². The Bertz CT molecular complexity index is 233. The second-order valence-electron chi connectivity index (χ2n) is 3.45. The molecule has 1 aliphatic rings. The zero-order valence-electron chi connectivity index (χ0n) is 7.75. The van der Waals surface area contributed by atoms with Crippen molar-refractivity contribution in [3.05, 3.63) is 0 Å². The van der Waals surface area contributed by atoms with E-state index in [-0.39, 0.29) is 4.43 Å². The van der Waals surface area contributed by atoms with Crippen molar-refractivity contribution < 1.29 is 19.4 Å². The molecule has 5 heteroatoms. The summed E-state index contributed by atoms with van der Waals surface area (Å²) >= 11 is 1.85. The van der Waals surface area contributed by atoms with Crippen LogP contribution in [0.2, 0.25) is 0 Å². The minimum atomic E-state index is -1.35. The molecule has 1 aliphatic carbocycles. The molecule has 0 atom stereocenters. The van der Waals surface area contributed by atoms with Crippen molar-refractivity contribution in [1.82, 2.24) is 0 Å². The number of rotatable bonds is 3. The average molecular weight is 311 g/mol. The number of carboxylic acids is 1. The molecule has 0 heterocycles. The number of halogens is 1. The monoisotopic (exact) mass is 311 g/mol. The minimum absolute atomic E-state index is 0.173. The van der Waals surface area contributed by atoms with E-state index in [4.69, 9.17) is 4.74 Å². The first-order chi connectivity index (χ1) is 6.60. The Morgan fingerprint density at radius 1 is 1.29 bits per heavy atom. The third kappa shape index (κ3) is 2.59. The maximum Gasteiger partial charge on any atom is 0.316 e. The third-order valence-electron chi connectivity index (χ3n) is 2.45. The van der Waals surface area contributed by atoms with Gasteiger partial charge in [-0.25, -0.2) is 0 Å². The van der Waals surface area contributed by atoms with Gasteiger partial charge in [-0.1, -0.05) is 29.0 Å². The van der Waals surface area contributed by atoms with Crippen molar-refractivity contribution in [3.8, 4) is 0 Å². The summed E-state index contributed by atoms with van der Waals surface area (Å²) in [6.45, 7) is 0. The summed E-state index contributed by atoms with van der Waals surface area (Å²) in [7, 11) is 0. The maximum atomic E-state index is 11.1. The van der Waals surface area contributed by atoms with Gasteiger partial charge in [0.05, 0.1) is 10.4 Å². The quantitative estimate of drug-likeness (QED) is 0.430. The number of ether oxygens (including phenoxy) is 1. The van der Waals surface area contributed by atoms with Gasteiger partial charge < -0.3 is 14.6 Å². The molecule has 1 saturated carbocycles. The molecule has 0 spiro atoms. The Balaban J connectivity index is 2.70. The number of hydrogen-bond acceptors (Lipinski definition) is 4. The summed E-state index contributed by atoms with van der Waals surface area (Å²) in [5.41, 5.74) is -1.35. The molecule has 1 fully saturated rings. The third-order valence-corrected chi connectivity index (χ3v) is 3.07. The Kier molecular flexibility index (Phi) is 4.15. The van der Waals surface area contributed by atoms with E-state index < -0.39 is 17.5 Å². The largest absolute Gasteiger partial charge is 0.546 e. The molecule has 0 unspecified atom stereocenters. The molecule has 14 heavy (non-hydrogen) atoms. The van der Waals surface area contributed by atoms with E-state index in [1.54, 1.807) is 0 Å². The van der Waals surface area contributed by atoms with Crippen molar-refractivity contribution in [2.45, 2.75) is 37.7 Å². The molecule has 0 aliphatic heterocycles. The molecule has 0 amide bonds. The summed E-state index contributed by atoms with van der Waals surface area (Å²) < 4.78 is 5.15. The first-order valence-corrected chi connectivity index (χ1v) is 6.12. The number of carbonyl (C=O) groups is 2. The average Bonchev–Trinajstić information content (AvgIpc) is 2.19. The molecule has 0 aromatic heterocycles. The van der Waals surface area contributed by atoms with Gasteiger partial charge in [-0.3, -0.25) is 4.79 Å². The number of esters is 1. The number of hydrogen-bond donors (Lipinski definition) is 0. The smallest absolute Gasteiger partial charge is 0.316 e. The molecule has 0 radical (unpaired) electrons. The second kappa shape index (κ2) is 4.95. The van der Waals surface area contributed by atoms with Crippen LogP contribution in [0.15, 0.2) is 0 Å². The van der Waals surface area contributed by atoms with Crippen LogP contribution >= 0.6 is 22.6 Å². The number of carbonyl (C=O) groups excluding carboxylic acids is 2. The summed E-state index contributed by atoms with van der Waals surface area (Å²) in [6, 6.07) is 0. The van der Waals surface area contributed by atoms with E-state index in [0.717, 1.165) is 19.3 Å². The Morgan fingerprint density at radius 2 is 1.86 bits per heavy atom.